The van der Waals surface area contributed by atoms with Crippen molar-refractivity contribution in [2.45, 2.75) is 17.4 Å². The van der Waals surface area contributed by atoms with Gasteiger partial charge in [0.05, 0.1) is 7.64 Å². The van der Waals surface area contributed by atoms with E-state index in [9.17, 15) is 23.4 Å². The van der Waals surface area contributed by atoms with Crippen molar-refractivity contribution in [1.29, 1.82) is 0 Å². The van der Waals surface area contributed by atoms with Gasteiger partial charge in [-0.3, -0.25) is 4.79 Å². The molecule has 0 bridgehead atoms. The van der Waals surface area contributed by atoms with Crippen molar-refractivity contribution in [2.75, 3.05) is 19.0 Å². The number of nitrogens with zero attached hydrogens (tertiary/aromatic N) is 1. The van der Waals surface area contributed by atoms with Crippen LogP contribution in [0.3, 0.4) is 0 Å². The molecule has 0 saturated heterocycles. The molecule has 0 aliphatic heterocycles. The second kappa shape index (κ2) is 8.10. The number of aliphatic carboxylic acids is 1. The van der Waals surface area contributed by atoms with Crippen molar-refractivity contribution < 1.29 is 26.2 Å². The molecule has 0 spiro atoms. The number of carboxylic acid groups (broad SMARTS) is 1. The van der Waals surface area contributed by atoms with Crippen LogP contribution in [0.2, 0.25) is 0 Å². The van der Waals surface area contributed by atoms with Gasteiger partial charge in [-0.25, -0.2) is 8.42 Å². The first kappa shape index (κ1) is 18.0. The van der Waals surface area contributed by atoms with E-state index in [4.69, 9.17) is 2.74 Å². The molecule has 29 heavy (non-hydrogen) atoms. The summed E-state index contributed by atoms with van der Waals surface area (Å²) in [4.78, 5) is 13.6. The van der Waals surface area contributed by atoms with Gasteiger partial charge < -0.3 is 15.1 Å². The number of rotatable bonds is 7. The standard InChI is InChI=1S/C21H22N2O5S/c1-23(2)19-7-3-6-17-16(19)5-4-8-20(17)29(27,28)22-18(21(25)26)13-14-9-11-15(24)12-10-14/h3-12,18,22,24H,13H2,1-2H3,(H,25,26)/t18-/m0/s1/i11T,12T. The van der Waals surface area contributed by atoms with Crippen LogP contribution in [-0.4, -0.2) is 44.7 Å². The van der Waals surface area contributed by atoms with Crippen molar-refractivity contribution in [3.8, 4) is 5.75 Å². The van der Waals surface area contributed by atoms with E-state index in [0.717, 1.165) is 5.69 Å². The molecule has 0 amide bonds. The lowest BCUT2D eigenvalue weighted by molar-refractivity contribution is -0.138. The molecule has 7 nitrogen and oxygen atoms in total. The van der Waals surface area contributed by atoms with Crippen LogP contribution in [0.25, 0.3) is 10.8 Å². The summed E-state index contributed by atoms with van der Waals surface area (Å²) < 4.78 is 43.8. The van der Waals surface area contributed by atoms with Crippen LogP contribution in [0.1, 0.15) is 8.30 Å². The van der Waals surface area contributed by atoms with E-state index in [-0.39, 0.29) is 29.0 Å². The van der Waals surface area contributed by atoms with E-state index in [0.29, 0.717) is 10.8 Å². The predicted molar refractivity (Wildman–Crippen MR) is 112 cm³/mol. The first-order valence-corrected chi connectivity index (χ1v) is 10.2. The Hall–Kier alpha value is -3.10. The molecule has 8 heteroatoms. The SMILES string of the molecule is [3H]c1cc(C[C@H](NS(=O)(=O)c2cccc3c(N(C)C)cccc23)C(=O)O)cc([3H])c1O. The average Bonchev–Trinajstić information content (AvgIpc) is 2.70. The maximum Gasteiger partial charge on any atom is 0.322 e. The minimum absolute atomic E-state index is 0.0481. The number of carbonyl (C=O) groups is 1. The van der Waals surface area contributed by atoms with Gasteiger partial charge in [0.25, 0.3) is 0 Å². The number of phenols is 1. The first-order chi connectivity index (χ1) is 14.5. The molecule has 0 radical (unpaired) electrons. The molecule has 0 aliphatic rings. The Morgan fingerprint density at radius 3 is 2.34 bits per heavy atom. The highest BCUT2D eigenvalue weighted by molar-refractivity contribution is 7.89. The molecular weight excluding hydrogens is 392 g/mol. The van der Waals surface area contributed by atoms with Gasteiger partial charge in [-0.05, 0) is 36.2 Å². The fourth-order valence-corrected chi connectivity index (χ4v) is 4.49. The third kappa shape index (κ3) is 4.49. The van der Waals surface area contributed by atoms with Crippen molar-refractivity contribution >= 4 is 32.5 Å². The Morgan fingerprint density at radius 1 is 1.10 bits per heavy atom. The van der Waals surface area contributed by atoms with Gasteiger partial charge in [-0.2, -0.15) is 4.72 Å². The number of fused-ring (bicyclic) bond motifs is 1. The second-order valence-electron chi connectivity index (χ2n) is 6.74. The lowest BCUT2D eigenvalue weighted by Gasteiger charge is -2.19. The zero-order chi connectivity index (χ0) is 22.9. The van der Waals surface area contributed by atoms with E-state index >= 15 is 0 Å². The Balaban J connectivity index is 2.00. The third-order valence-electron chi connectivity index (χ3n) is 4.45. The highest BCUT2D eigenvalue weighted by atomic mass is 32.2. The Bertz CT molecular complexity index is 1240. The zero-order valence-corrected chi connectivity index (χ0v) is 16.7. The van der Waals surface area contributed by atoms with Gasteiger partial charge in [0.1, 0.15) is 11.8 Å². The van der Waals surface area contributed by atoms with E-state index in [1.807, 2.05) is 25.1 Å². The summed E-state index contributed by atoms with van der Waals surface area (Å²) in [5.74, 6) is -1.92. The summed E-state index contributed by atoms with van der Waals surface area (Å²) >= 11 is 0. The molecule has 0 fully saturated rings. The number of nitrogens with one attached hydrogen (secondary N) is 1. The number of phenolic OH excluding ortho intramolecular Hbond substituents is 1. The maximum absolute atomic E-state index is 13.1. The first-order valence-electron chi connectivity index (χ1n) is 9.74. The monoisotopic (exact) mass is 418 g/mol. The number of sulfonamides is 1. The molecule has 0 unspecified atom stereocenters. The molecule has 0 saturated carbocycles. The highest BCUT2D eigenvalue weighted by Crippen LogP contribution is 2.30. The fraction of sp³-hybridized carbons (Fsp3) is 0.190. The molecule has 3 N–H and O–H groups in total. The number of anilines is 1. The van der Waals surface area contributed by atoms with Crippen LogP contribution in [0.15, 0.2) is 65.5 Å². The molecule has 0 heterocycles. The summed E-state index contributed by atoms with van der Waals surface area (Å²) in [5.41, 5.74) is 1.06. The Morgan fingerprint density at radius 2 is 1.72 bits per heavy atom. The fourth-order valence-electron chi connectivity index (χ4n) is 3.08. The molecule has 0 aromatic heterocycles. The van der Waals surface area contributed by atoms with Gasteiger partial charge in [0.2, 0.25) is 10.0 Å². The largest absolute Gasteiger partial charge is 0.508 e. The van der Waals surface area contributed by atoms with Crippen LogP contribution in [0, 0.1) is 0 Å². The number of benzene rings is 3. The third-order valence-corrected chi connectivity index (χ3v) is 5.98. The Kier molecular flexibility index (Phi) is 5.02. The van der Waals surface area contributed by atoms with Gasteiger partial charge in [-0.15, -0.1) is 0 Å². The Labute approximate surface area is 172 Å². The summed E-state index contributed by atoms with van der Waals surface area (Å²) in [7, 11) is -0.533. The van der Waals surface area contributed by atoms with Crippen LogP contribution in [-0.2, 0) is 21.2 Å². The van der Waals surface area contributed by atoms with Gasteiger partial charge in [0, 0.05) is 30.6 Å². The highest BCUT2D eigenvalue weighted by Gasteiger charge is 2.27. The van der Waals surface area contributed by atoms with Crippen LogP contribution in [0.4, 0.5) is 5.69 Å². The van der Waals surface area contributed by atoms with E-state index < -0.39 is 27.8 Å². The summed E-state index contributed by atoms with van der Waals surface area (Å²) in [6.07, 6.45) is -0.291. The predicted octanol–water partition coefficient (Wildman–Crippen LogP) is 2.59. The molecule has 3 aromatic rings. The van der Waals surface area contributed by atoms with Crippen molar-refractivity contribution in [3.63, 3.8) is 0 Å². The minimum atomic E-state index is -4.21. The van der Waals surface area contributed by atoms with Crippen molar-refractivity contribution in [2.24, 2.45) is 0 Å². The topological polar surface area (TPSA) is 107 Å². The molecule has 3 aromatic carbocycles. The van der Waals surface area contributed by atoms with E-state index in [2.05, 4.69) is 4.72 Å². The number of hydrogen-bond donors (Lipinski definition) is 3. The van der Waals surface area contributed by atoms with Gasteiger partial charge >= 0.3 is 5.97 Å². The molecular formula is C21H22N2O5S. The van der Waals surface area contributed by atoms with Crippen molar-refractivity contribution in [3.05, 3.63) is 66.2 Å². The van der Waals surface area contributed by atoms with Gasteiger partial charge in [-0.1, -0.05) is 36.4 Å². The normalized spacial score (nSPS) is 13.6. The summed E-state index contributed by atoms with van der Waals surface area (Å²) in [6.45, 7) is 0. The number of aromatic hydroxyl groups is 1. The number of carboxylic acids is 1. The van der Waals surface area contributed by atoms with E-state index in [1.165, 1.54) is 18.2 Å². The number of hydrogen-bond acceptors (Lipinski definition) is 5. The quantitative estimate of drug-likeness (QED) is 0.544. The van der Waals surface area contributed by atoms with Crippen LogP contribution < -0.4 is 9.62 Å². The van der Waals surface area contributed by atoms with E-state index in [1.54, 1.807) is 24.3 Å². The van der Waals surface area contributed by atoms with Crippen LogP contribution in [0.5, 0.6) is 5.75 Å². The average molecular weight is 418 g/mol. The molecule has 0 aliphatic carbocycles. The smallest absolute Gasteiger partial charge is 0.322 e. The minimum Gasteiger partial charge on any atom is -0.508 e. The maximum atomic E-state index is 13.1. The van der Waals surface area contributed by atoms with Crippen molar-refractivity contribution in [1.82, 2.24) is 4.72 Å². The molecule has 3 rings (SSSR count). The second-order valence-corrected chi connectivity index (χ2v) is 8.42. The van der Waals surface area contributed by atoms with Gasteiger partial charge in [0.15, 0.2) is 0 Å². The lowest BCUT2D eigenvalue weighted by Crippen LogP contribution is -2.42. The summed E-state index contributed by atoms with van der Waals surface area (Å²) in [5, 5.41) is 20.3. The lowest BCUT2D eigenvalue weighted by atomic mass is 10.1. The van der Waals surface area contributed by atoms with Crippen LogP contribution >= 0.6 is 0 Å². The summed E-state index contributed by atoms with van der Waals surface area (Å²) in [6, 6.07) is 10.3. The zero-order valence-electron chi connectivity index (χ0n) is 17.9. The molecule has 152 valence electrons. The molecule has 1 atom stereocenters.